The first kappa shape index (κ1) is 17.9. The molecule has 0 atom stereocenters. The highest BCUT2D eigenvalue weighted by Crippen LogP contribution is 2.20. The van der Waals surface area contributed by atoms with Gasteiger partial charge in [-0.3, -0.25) is 9.59 Å². The number of benzene rings is 2. The molecule has 26 heavy (non-hydrogen) atoms. The van der Waals surface area contributed by atoms with Gasteiger partial charge in [0.2, 0.25) is 0 Å². The molecule has 0 radical (unpaired) electrons. The first-order valence-electron chi connectivity index (χ1n) is 8.12. The Kier molecular flexibility index (Phi) is 5.23. The van der Waals surface area contributed by atoms with Crippen molar-refractivity contribution in [3.63, 3.8) is 0 Å². The van der Waals surface area contributed by atoms with E-state index in [-0.39, 0.29) is 0 Å². The number of hydrogen-bond acceptors (Lipinski definition) is 4. The van der Waals surface area contributed by atoms with Gasteiger partial charge in [0.05, 0.1) is 22.6 Å². The quantitative estimate of drug-likeness (QED) is 0.421. The average molecular weight is 365 g/mol. The van der Waals surface area contributed by atoms with Crippen LogP contribution in [-0.4, -0.2) is 27.7 Å². The minimum atomic E-state index is -0.666. The minimum Gasteiger partial charge on any atom is -0.319 e. The lowest BCUT2D eigenvalue weighted by atomic mass is 10.1. The third-order valence-corrected chi connectivity index (χ3v) is 4.82. The Hall–Kier alpha value is -2.86. The van der Waals surface area contributed by atoms with Gasteiger partial charge in [0.1, 0.15) is 0 Å². The monoisotopic (exact) mass is 365 g/mol. The fourth-order valence-corrected chi connectivity index (χ4v) is 3.18. The van der Waals surface area contributed by atoms with Crippen molar-refractivity contribution in [2.45, 2.75) is 18.7 Å². The average Bonchev–Trinajstić information content (AvgIpc) is 2.96. The molecule has 2 aromatic carbocycles. The zero-order chi connectivity index (χ0) is 18.7. The van der Waals surface area contributed by atoms with Crippen LogP contribution in [0.3, 0.4) is 0 Å². The largest absolute Gasteiger partial charge is 0.319 e. The van der Waals surface area contributed by atoms with Gasteiger partial charge in [0.25, 0.3) is 11.7 Å². The Morgan fingerprint density at radius 1 is 1.00 bits per heavy atom. The van der Waals surface area contributed by atoms with E-state index in [2.05, 4.69) is 10.4 Å². The van der Waals surface area contributed by atoms with Gasteiger partial charge in [-0.1, -0.05) is 18.2 Å². The number of aryl methyl sites for hydroxylation is 1. The van der Waals surface area contributed by atoms with Crippen molar-refractivity contribution in [1.82, 2.24) is 9.78 Å². The highest BCUT2D eigenvalue weighted by atomic mass is 32.2. The molecule has 1 amide bonds. The highest BCUT2D eigenvalue weighted by Gasteiger charge is 2.25. The molecule has 0 aliphatic rings. The van der Waals surface area contributed by atoms with Crippen molar-refractivity contribution in [2.75, 3.05) is 11.6 Å². The van der Waals surface area contributed by atoms with E-state index in [0.717, 1.165) is 10.6 Å². The lowest BCUT2D eigenvalue weighted by molar-refractivity contribution is -0.112. The van der Waals surface area contributed by atoms with Crippen molar-refractivity contribution in [2.24, 2.45) is 0 Å². The normalized spacial score (nSPS) is 10.6. The number of thioether (sulfide) groups is 1. The van der Waals surface area contributed by atoms with Gasteiger partial charge < -0.3 is 5.32 Å². The molecule has 0 aliphatic carbocycles. The van der Waals surface area contributed by atoms with Crippen LogP contribution in [0.2, 0.25) is 0 Å². The number of rotatable bonds is 5. The van der Waals surface area contributed by atoms with Gasteiger partial charge in [-0.25, -0.2) is 4.68 Å². The van der Waals surface area contributed by atoms with E-state index in [9.17, 15) is 9.59 Å². The molecule has 6 heteroatoms. The molecule has 132 valence electrons. The van der Waals surface area contributed by atoms with E-state index in [1.54, 1.807) is 42.4 Å². The van der Waals surface area contributed by atoms with Gasteiger partial charge in [-0.2, -0.15) is 5.10 Å². The Labute approximate surface area is 156 Å². The standard InChI is InChI=1S/C20H19N3O2S/c1-13-18(14(2)23(22-13)16-7-5-4-6-8-16)19(24)20(25)21-15-9-11-17(26-3)12-10-15/h4-12H,1-3H3,(H,21,25). The maximum Gasteiger partial charge on any atom is 0.296 e. The van der Waals surface area contributed by atoms with Crippen molar-refractivity contribution in [3.8, 4) is 5.69 Å². The number of nitrogens with one attached hydrogen (secondary N) is 1. The summed E-state index contributed by atoms with van der Waals surface area (Å²) in [5, 5.41) is 7.09. The molecule has 0 unspecified atom stereocenters. The van der Waals surface area contributed by atoms with E-state index >= 15 is 0 Å². The fourth-order valence-electron chi connectivity index (χ4n) is 2.77. The summed E-state index contributed by atoms with van der Waals surface area (Å²) in [4.78, 5) is 26.2. The molecule has 3 rings (SSSR count). The van der Waals surface area contributed by atoms with Crippen LogP contribution < -0.4 is 5.32 Å². The Morgan fingerprint density at radius 2 is 1.65 bits per heavy atom. The van der Waals surface area contributed by atoms with Gasteiger partial charge in [0.15, 0.2) is 0 Å². The fraction of sp³-hybridized carbons (Fsp3) is 0.150. The summed E-state index contributed by atoms with van der Waals surface area (Å²) in [6, 6.07) is 16.9. The molecular weight excluding hydrogens is 346 g/mol. The second-order valence-corrected chi connectivity index (χ2v) is 6.68. The number of carbonyl (C=O) groups is 2. The minimum absolute atomic E-state index is 0.340. The van der Waals surface area contributed by atoms with Crippen LogP contribution in [0.25, 0.3) is 5.69 Å². The van der Waals surface area contributed by atoms with Gasteiger partial charge in [0, 0.05) is 10.6 Å². The second kappa shape index (κ2) is 7.58. The Balaban J connectivity index is 1.85. The molecule has 0 saturated heterocycles. The Bertz CT molecular complexity index is 947. The van der Waals surface area contributed by atoms with Crippen molar-refractivity contribution in [1.29, 1.82) is 0 Å². The lowest BCUT2D eigenvalue weighted by Crippen LogP contribution is -2.24. The van der Waals surface area contributed by atoms with Crippen LogP contribution in [0.15, 0.2) is 59.5 Å². The van der Waals surface area contributed by atoms with Crippen LogP contribution in [0.1, 0.15) is 21.7 Å². The van der Waals surface area contributed by atoms with Crippen molar-refractivity contribution >= 4 is 29.1 Å². The molecule has 0 saturated carbocycles. The van der Waals surface area contributed by atoms with Crippen LogP contribution >= 0.6 is 11.8 Å². The number of aromatic nitrogens is 2. The molecular formula is C20H19N3O2S. The van der Waals surface area contributed by atoms with Gasteiger partial charge in [-0.15, -0.1) is 11.8 Å². The van der Waals surface area contributed by atoms with Gasteiger partial charge in [-0.05, 0) is 56.5 Å². The number of carbonyl (C=O) groups excluding carboxylic acids is 2. The van der Waals surface area contributed by atoms with E-state index < -0.39 is 11.7 Å². The molecule has 0 bridgehead atoms. The van der Waals surface area contributed by atoms with Crippen LogP contribution in [0, 0.1) is 13.8 Å². The predicted molar refractivity (Wildman–Crippen MR) is 104 cm³/mol. The summed E-state index contributed by atoms with van der Waals surface area (Å²) in [6.45, 7) is 3.53. The summed E-state index contributed by atoms with van der Waals surface area (Å²) in [6.07, 6.45) is 1.98. The predicted octanol–water partition coefficient (Wildman–Crippen LogP) is 4.03. The van der Waals surface area contributed by atoms with Crippen LogP contribution in [0.5, 0.6) is 0 Å². The number of amides is 1. The van der Waals surface area contributed by atoms with E-state index in [1.807, 2.05) is 48.7 Å². The summed E-state index contributed by atoms with van der Waals surface area (Å²) in [5.74, 6) is -1.25. The maximum atomic E-state index is 12.7. The van der Waals surface area contributed by atoms with E-state index in [1.165, 1.54) is 0 Å². The van der Waals surface area contributed by atoms with Crippen molar-refractivity contribution in [3.05, 3.63) is 71.5 Å². The SMILES string of the molecule is CSc1ccc(NC(=O)C(=O)c2c(C)nn(-c3ccccc3)c2C)cc1. The third kappa shape index (κ3) is 3.55. The maximum absolute atomic E-state index is 12.7. The van der Waals surface area contributed by atoms with Crippen molar-refractivity contribution < 1.29 is 9.59 Å². The number of hydrogen-bond donors (Lipinski definition) is 1. The summed E-state index contributed by atoms with van der Waals surface area (Å²) in [5.41, 5.74) is 2.95. The molecule has 1 N–H and O–H groups in total. The zero-order valence-corrected chi connectivity index (χ0v) is 15.6. The van der Waals surface area contributed by atoms with Crippen LogP contribution in [-0.2, 0) is 4.79 Å². The summed E-state index contributed by atoms with van der Waals surface area (Å²) in [7, 11) is 0. The number of para-hydroxylation sites is 1. The number of ketones is 1. The molecule has 1 aromatic heterocycles. The lowest BCUT2D eigenvalue weighted by Gasteiger charge is -2.06. The summed E-state index contributed by atoms with van der Waals surface area (Å²) < 4.78 is 1.68. The third-order valence-electron chi connectivity index (χ3n) is 4.07. The van der Waals surface area contributed by atoms with Gasteiger partial charge >= 0.3 is 0 Å². The molecule has 0 aliphatic heterocycles. The molecule has 5 nitrogen and oxygen atoms in total. The smallest absolute Gasteiger partial charge is 0.296 e. The first-order valence-corrected chi connectivity index (χ1v) is 9.35. The first-order chi connectivity index (χ1) is 12.5. The molecule has 3 aromatic rings. The number of nitrogens with zero attached hydrogens (tertiary/aromatic N) is 2. The van der Waals surface area contributed by atoms with E-state index in [4.69, 9.17) is 0 Å². The zero-order valence-electron chi connectivity index (χ0n) is 14.8. The van der Waals surface area contributed by atoms with E-state index in [0.29, 0.717) is 22.6 Å². The Morgan fingerprint density at radius 3 is 2.27 bits per heavy atom. The molecule has 0 spiro atoms. The number of Topliss-reactive ketones (excluding diaryl/α,β-unsaturated/α-hetero) is 1. The number of anilines is 1. The topological polar surface area (TPSA) is 64.0 Å². The molecule has 0 fully saturated rings. The summed E-state index contributed by atoms with van der Waals surface area (Å²) >= 11 is 1.61. The van der Waals surface area contributed by atoms with Crippen LogP contribution in [0.4, 0.5) is 5.69 Å². The molecule has 1 heterocycles. The highest BCUT2D eigenvalue weighted by molar-refractivity contribution is 7.98. The second-order valence-electron chi connectivity index (χ2n) is 5.80.